The van der Waals surface area contributed by atoms with Crippen molar-refractivity contribution in [2.75, 3.05) is 17.2 Å². The number of anilines is 1. The lowest BCUT2D eigenvalue weighted by atomic mass is 10.3. The Balaban J connectivity index is 2.18. The third-order valence-corrected chi connectivity index (χ3v) is 5.36. The summed E-state index contributed by atoms with van der Waals surface area (Å²) in [5.41, 5.74) is 0.393. The summed E-state index contributed by atoms with van der Waals surface area (Å²) >= 11 is 2.71. The van der Waals surface area contributed by atoms with Crippen molar-refractivity contribution in [3.05, 3.63) is 30.2 Å². The summed E-state index contributed by atoms with van der Waals surface area (Å²) in [6, 6.07) is 1.24. The lowest BCUT2D eigenvalue weighted by Crippen LogP contribution is -2.30. The summed E-state index contributed by atoms with van der Waals surface area (Å²) in [5, 5.41) is 0.911. The zero-order valence-corrected chi connectivity index (χ0v) is 15.4. The minimum Gasteiger partial charge on any atom is -0.300 e. The Hall–Kier alpha value is -1.54. The number of carbonyl (C=O) groups excluding carboxylic acids is 1. The molecule has 0 saturated carbocycles. The number of carbonyl (C=O) groups is 1. The van der Waals surface area contributed by atoms with Crippen molar-refractivity contribution in [3.63, 3.8) is 0 Å². The summed E-state index contributed by atoms with van der Waals surface area (Å²) in [4.78, 5) is 21.3. The molecule has 2 rings (SSSR count). The van der Waals surface area contributed by atoms with Crippen molar-refractivity contribution in [3.8, 4) is 10.6 Å². The fourth-order valence-corrected chi connectivity index (χ4v) is 3.84. The van der Waals surface area contributed by atoms with E-state index >= 15 is 0 Å². The Labute approximate surface area is 148 Å². The number of aromatic nitrogens is 2. The first-order chi connectivity index (χ1) is 11.4. The highest BCUT2D eigenvalue weighted by Gasteiger charge is 2.22. The van der Waals surface area contributed by atoms with Gasteiger partial charge in [0.2, 0.25) is 11.9 Å². The van der Waals surface area contributed by atoms with E-state index in [2.05, 4.69) is 23.8 Å². The van der Waals surface area contributed by atoms with Crippen molar-refractivity contribution in [2.24, 2.45) is 0 Å². The Morgan fingerprint density at radius 3 is 2.75 bits per heavy atom. The number of pyridine rings is 1. The number of nitrogens with zero attached hydrogens (tertiary/aromatic N) is 3. The molecule has 0 aromatic carbocycles. The van der Waals surface area contributed by atoms with Gasteiger partial charge >= 0.3 is 0 Å². The summed E-state index contributed by atoms with van der Waals surface area (Å²) < 4.78 is 27.5. The molecular formula is C16H19F2N3OS2. The molecule has 2 aromatic rings. The Kier molecular flexibility index (Phi) is 6.68. The van der Waals surface area contributed by atoms with E-state index in [1.165, 1.54) is 17.2 Å². The third kappa shape index (κ3) is 4.73. The Bertz CT molecular complexity index is 706. The highest BCUT2D eigenvalue weighted by molar-refractivity contribution is 7.99. The van der Waals surface area contributed by atoms with Gasteiger partial charge in [-0.1, -0.05) is 25.2 Å². The molecule has 0 bridgehead atoms. The van der Waals surface area contributed by atoms with Crippen LogP contribution >= 0.6 is 23.1 Å². The lowest BCUT2D eigenvalue weighted by Gasteiger charge is -2.18. The number of halogens is 2. The van der Waals surface area contributed by atoms with Crippen LogP contribution < -0.4 is 4.90 Å². The van der Waals surface area contributed by atoms with Crippen LogP contribution in [0.1, 0.15) is 27.2 Å². The van der Waals surface area contributed by atoms with Crippen molar-refractivity contribution in [1.82, 2.24) is 9.97 Å². The van der Waals surface area contributed by atoms with Gasteiger partial charge in [0.05, 0.1) is 6.20 Å². The van der Waals surface area contributed by atoms with E-state index in [0.717, 1.165) is 17.5 Å². The van der Waals surface area contributed by atoms with E-state index in [4.69, 9.17) is 0 Å². The van der Waals surface area contributed by atoms with Crippen LogP contribution in [0.5, 0.6) is 0 Å². The van der Waals surface area contributed by atoms with Crippen LogP contribution in [0.25, 0.3) is 10.6 Å². The topological polar surface area (TPSA) is 46.1 Å². The zero-order chi connectivity index (χ0) is 17.7. The quantitative estimate of drug-likeness (QED) is 0.725. The van der Waals surface area contributed by atoms with E-state index in [1.807, 2.05) is 0 Å². The second-order valence-electron chi connectivity index (χ2n) is 5.31. The van der Waals surface area contributed by atoms with Gasteiger partial charge in [-0.3, -0.25) is 9.78 Å². The van der Waals surface area contributed by atoms with Gasteiger partial charge in [0.1, 0.15) is 10.8 Å². The van der Waals surface area contributed by atoms with Crippen LogP contribution in [0.2, 0.25) is 0 Å². The summed E-state index contributed by atoms with van der Waals surface area (Å²) in [6.07, 6.45) is 2.83. The molecule has 0 aliphatic carbocycles. The summed E-state index contributed by atoms with van der Waals surface area (Å²) in [5.74, 6) is -0.685. The number of amides is 1. The standard InChI is InChI=1S/C16H19F2N3OS2/c1-4-21(13(22)5-6-23-10(2)3)16-14(18)20-15(24-16)11-7-12(17)9-19-8-11/h7-10H,4-6H2,1-3H3. The van der Waals surface area contributed by atoms with Gasteiger partial charge in [-0.15, -0.1) is 0 Å². The Morgan fingerprint density at radius 1 is 1.38 bits per heavy atom. The molecule has 0 aliphatic rings. The smallest absolute Gasteiger partial charge is 0.248 e. The van der Waals surface area contributed by atoms with Gasteiger partial charge in [0.15, 0.2) is 5.00 Å². The SMILES string of the molecule is CCN(C(=O)CCSC(C)C)c1sc(-c2cncc(F)c2)nc1F. The molecule has 0 radical (unpaired) electrons. The molecule has 0 N–H and O–H groups in total. The monoisotopic (exact) mass is 371 g/mol. The fourth-order valence-electron chi connectivity index (χ4n) is 2.06. The van der Waals surface area contributed by atoms with E-state index in [1.54, 1.807) is 18.7 Å². The molecule has 0 unspecified atom stereocenters. The van der Waals surface area contributed by atoms with E-state index < -0.39 is 11.8 Å². The molecular weight excluding hydrogens is 352 g/mol. The van der Waals surface area contributed by atoms with Crippen molar-refractivity contribution < 1.29 is 13.6 Å². The van der Waals surface area contributed by atoms with Gasteiger partial charge in [-0.2, -0.15) is 16.2 Å². The van der Waals surface area contributed by atoms with Crippen LogP contribution in [-0.2, 0) is 4.79 Å². The van der Waals surface area contributed by atoms with Crippen LogP contribution in [0.15, 0.2) is 18.5 Å². The van der Waals surface area contributed by atoms with E-state index in [0.29, 0.717) is 34.5 Å². The number of hydrogen-bond donors (Lipinski definition) is 0. The number of hydrogen-bond acceptors (Lipinski definition) is 5. The predicted molar refractivity (Wildman–Crippen MR) is 95.5 cm³/mol. The second kappa shape index (κ2) is 8.53. The molecule has 2 aromatic heterocycles. The van der Waals surface area contributed by atoms with Gasteiger partial charge in [0.25, 0.3) is 0 Å². The Morgan fingerprint density at radius 2 is 2.12 bits per heavy atom. The molecule has 0 saturated heterocycles. The van der Waals surface area contributed by atoms with Crippen molar-refractivity contribution in [1.29, 1.82) is 0 Å². The minimum absolute atomic E-state index is 0.142. The third-order valence-electron chi connectivity index (χ3n) is 3.15. The van der Waals surface area contributed by atoms with Gasteiger partial charge in [0, 0.05) is 30.5 Å². The van der Waals surface area contributed by atoms with E-state index in [-0.39, 0.29) is 10.9 Å². The van der Waals surface area contributed by atoms with Gasteiger partial charge < -0.3 is 4.90 Å². The van der Waals surface area contributed by atoms with Crippen LogP contribution in [0.4, 0.5) is 13.8 Å². The van der Waals surface area contributed by atoms with Crippen LogP contribution in [0.3, 0.4) is 0 Å². The first-order valence-corrected chi connectivity index (χ1v) is 9.48. The number of thioether (sulfide) groups is 1. The zero-order valence-electron chi connectivity index (χ0n) is 13.8. The van der Waals surface area contributed by atoms with Gasteiger partial charge in [-0.25, -0.2) is 9.37 Å². The second-order valence-corrected chi connectivity index (χ2v) is 7.98. The first kappa shape index (κ1) is 18.8. The average molecular weight is 371 g/mol. The molecule has 2 heterocycles. The van der Waals surface area contributed by atoms with Gasteiger partial charge in [-0.05, 0) is 18.2 Å². The largest absolute Gasteiger partial charge is 0.300 e. The molecule has 0 spiro atoms. The van der Waals surface area contributed by atoms with Crippen molar-refractivity contribution >= 4 is 34.0 Å². The molecule has 0 atom stereocenters. The normalized spacial score (nSPS) is 11.1. The maximum Gasteiger partial charge on any atom is 0.248 e. The average Bonchev–Trinajstić information content (AvgIpc) is 2.90. The molecule has 8 heteroatoms. The summed E-state index contributed by atoms with van der Waals surface area (Å²) in [6.45, 7) is 6.27. The minimum atomic E-state index is -0.717. The maximum absolute atomic E-state index is 14.2. The highest BCUT2D eigenvalue weighted by atomic mass is 32.2. The molecule has 1 amide bonds. The fraction of sp³-hybridized carbons (Fsp3) is 0.438. The first-order valence-electron chi connectivity index (χ1n) is 7.61. The van der Waals surface area contributed by atoms with Crippen molar-refractivity contribution in [2.45, 2.75) is 32.4 Å². The summed E-state index contributed by atoms with van der Waals surface area (Å²) in [7, 11) is 0. The molecule has 0 aliphatic heterocycles. The van der Waals surface area contributed by atoms with E-state index in [9.17, 15) is 13.6 Å². The highest BCUT2D eigenvalue weighted by Crippen LogP contribution is 2.34. The number of thiazole rings is 1. The lowest BCUT2D eigenvalue weighted by molar-refractivity contribution is -0.118. The predicted octanol–water partition coefficient (Wildman–Crippen LogP) is 4.37. The number of rotatable bonds is 7. The molecule has 130 valence electrons. The molecule has 4 nitrogen and oxygen atoms in total. The molecule has 24 heavy (non-hydrogen) atoms. The molecule has 0 fully saturated rings. The van der Waals surface area contributed by atoms with Crippen LogP contribution in [-0.4, -0.2) is 33.4 Å². The van der Waals surface area contributed by atoms with Crippen LogP contribution in [0, 0.1) is 11.8 Å². The maximum atomic E-state index is 14.2.